The summed E-state index contributed by atoms with van der Waals surface area (Å²) in [5, 5.41) is 4.21. The normalized spacial score (nSPS) is 20.3. The molecule has 0 saturated heterocycles. The number of rotatable bonds is 2. The van der Waals surface area contributed by atoms with Crippen LogP contribution in [-0.2, 0) is 0 Å². The molecule has 0 saturated carbocycles. The molecular formula is C17H11ClF4N2+. The molecule has 0 aromatic heterocycles. The van der Waals surface area contributed by atoms with E-state index in [1.54, 1.807) is 24.3 Å². The van der Waals surface area contributed by atoms with Crippen molar-refractivity contribution in [3.8, 4) is 11.1 Å². The molecule has 1 radical (unpaired) electrons. The highest BCUT2D eigenvalue weighted by molar-refractivity contribution is 6.30. The zero-order chi connectivity index (χ0) is 17.5. The number of benzene rings is 2. The molecule has 0 bridgehead atoms. The number of hydrogen-bond donors (Lipinski definition) is 0. The van der Waals surface area contributed by atoms with Gasteiger partial charge in [0.05, 0.1) is 6.08 Å². The topological polar surface area (TPSA) is 12.4 Å². The molecule has 1 aliphatic heterocycles. The van der Waals surface area contributed by atoms with Gasteiger partial charge in [-0.2, -0.15) is 13.2 Å². The molecular weight excluding hydrogens is 344 g/mol. The van der Waals surface area contributed by atoms with Gasteiger partial charge in [0.25, 0.3) is 0 Å². The highest BCUT2D eigenvalue weighted by Gasteiger charge is 2.43. The summed E-state index contributed by atoms with van der Waals surface area (Å²) in [4.78, 5) is 0. The number of allylic oxidation sites excluding steroid dienone is 1. The van der Waals surface area contributed by atoms with Crippen LogP contribution in [0.4, 0.5) is 23.2 Å². The molecule has 2 aromatic carbocycles. The van der Waals surface area contributed by atoms with Gasteiger partial charge < -0.3 is 0 Å². The molecule has 1 atom stereocenters. The first-order chi connectivity index (χ1) is 11.2. The van der Waals surface area contributed by atoms with Crippen LogP contribution < -0.4 is 4.59 Å². The molecule has 7 heteroatoms. The van der Waals surface area contributed by atoms with Crippen molar-refractivity contribution in [2.45, 2.75) is 6.18 Å². The third kappa shape index (κ3) is 3.07. The van der Waals surface area contributed by atoms with E-state index in [-0.39, 0.29) is 0 Å². The van der Waals surface area contributed by atoms with Crippen LogP contribution in [0.15, 0.2) is 53.8 Å². The van der Waals surface area contributed by atoms with Crippen molar-refractivity contribution in [1.29, 1.82) is 0 Å². The molecule has 0 aliphatic carbocycles. The van der Waals surface area contributed by atoms with Crippen molar-refractivity contribution in [3.05, 3.63) is 65.6 Å². The minimum absolute atomic E-state index is 0.394. The molecule has 0 amide bonds. The lowest BCUT2D eigenvalue weighted by Crippen LogP contribution is -2.32. The highest BCUT2D eigenvalue weighted by atomic mass is 35.5. The van der Waals surface area contributed by atoms with Crippen molar-refractivity contribution < 1.29 is 17.6 Å². The molecule has 1 aliphatic rings. The van der Waals surface area contributed by atoms with E-state index in [4.69, 9.17) is 11.6 Å². The van der Waals surface area contributed by atoms with E-state index in [9.17, 15) is 17.6 Å². The van der Waals surface area contributed by atoms with Crippen molar-refractivity contribution in [2.75, 3.05) is 7.05 Å². The summed E-state index contributed by atoms with van der Waals surface area (Å²) in [6.07, 6.45) is -1.25. The average Bonchev–Trinajstić information content (AvgIpc) is 2.91. The SMILES string of the molecule is C[N+]1(c2ccc(F)cc2-c2ccc(Cl)cc2)C=[C]C(C(F)(F)F)=N1. The minimum atomic E-state index is -4.59. The van der Waals surface area contributed by atoms with E-state index in [0.717, 1.165) is 0 Å². The predicted octanol–water partition coefficient (Wildman–Crippen LogP) is 5.33. The van der Waals surface area contributed by atoms with Gasteiger partial charge in [-0.1, -0.05) is 28.8 Å². The lowest BCUT2D eigenvalue weighted by molar-refractivity contribution is -0.0584. The monoisotopic (exact) mass is 354 g/mol. The first-order valence-corrected chi connectivity index (χ1v) is 7.27. The smallest absolute Gasteiger partial charge is 0.207 e. The van der Waals surface area contributed by atoms with E-state index in [0.29, 0.717) is 21.8 Å². The zero-order valence-electron chi connectivity index (χ0n) is 12.4. The van der Waals surface area contributed by atoms with Crippen LogP contribution in [0.5, 0.6) is 0 Å². The van der Waals surface area contributed by atoms with Gasteiger partial charge >= 0.3 is 6.18 Å². The second kappa shape index (κ2) is 5.72. The largest absolute Gasteiger partial charge is 0.439 e. The molecule has 123 valence electrons. The van der Waals surface area contributed by atoms with E-state index >= 15 is 0 Å². The maximum absolute atomic E-state index is 13.7. The first kappa shape index (κ1) is 16.7. The fraction of sp³-hybridized carbons (Fsp3) is 0.118. The summed E-state index contributed by atoms with van der Waals surface area (Å²) in [5.74, 6) is -0.498. The van der Waals surface area contributed by atoms with Gasteiger partial charge in [-0.05, 0) is 29.8 Å². The molecule has 1 unspecified atom stereocenters. The lowest BCUT2D eigenvalue weighted by atomic mass is 10.0. The van der Waals surface area contributed by atoms with Gasteiger partial charge in [0.2, 0.25) is 5.71 Å². The molecule has 0 spiro atoms. The van der Waals surface area contributed by atoms with Gasteiger partial charge in [0.1, 0.15) is 19.1 Å². The van der Waals surface area contributed by atoms with Crippen LogP contribution in [0.2, 0.25) is 5.02 Å². The molecule has 3 rings (SSSR count). The summed E-state index contributed by atoms with van der Waals surface area (Å²) < 4.78 is 51.8. The Bertz CT molecular complexity index is 841. The number of halogens is 5. The molecule has 2 nitrogen and oxygen atoms in total. The van der Waals surface area contributed by atoms with Gasteiger partial charge in [-0.15, -0.1) is 4.59 Å². The van der Waals surface area contributed by atoms with Crippen LogP contribution in [0.3, 0.4) is 0 Å². The molecule has 0 N–H and O–H groups in total. The summed E-state index contributed by atoms with van der Waals surface area (Å²) in [6, 6.07) is 10.5. The van der Waals surface area contributed by atoms with Crippen LogP contribution in [0.1, 0.15) is 0 Å². The predicted molar refractivity (Wildman–Crippen MR) is 85.9 cm³/mol. The second-order valence-electron chi connectivity index (χ2n) is 5.41. The molecule has 0 fully saturated rings. The summed E-state index contributed by atoms with van der Waals surface area (Å²) in [5.41, 5.74) is 0.346. The average molecular weight is 355 g/mol. The fourth-order valence-electron chi connectivity index (χ4n) is 2.48. The van der Waals surface area contributed by atoms with Crippen molar-refractivity contribution in [1.82, 2.24) is 4.59 Å². The second-order valence-corrected chi connectivity index (χ2v) is 5.85. The molecule has 1 heterocycles. The zero-order valence-corrected chi connectivity index (χ0v) is 13.2. The van der Waals surface area contributed by atoms with Gasteiger partial charge in [0, 0.05) is 16.7 Å². The molecule has 24 heavy (non-hydrogen) atoms. The summed E-state index contributed by atoms with van der Waals surface area (Å²) in [6.45, 7) is 0. The minimum Gasteiger partial charge on any atom is -0.207 e. The van der Waals surface area contributed by atoms with Crippen LogP contribution in [0.25, 0.3) is 11.1 Å². The Kier molecular flexibility index (Phi) is 3.97. The Balaban J connectivity index is 2.15. The maximum Gasteiger partial charge on any atom is 0.439 e. The number of alkyl halides is 3. The number of quaternary nitrogens is 1. The van der Waals surface area contributed by atoms with Crippen molar-refractivity contribution >= 4 is 23.0 Å². The summed E-state index contributed by atoms with van der Waals surface area (Å²) >= 11 is 5.85. The van der Waals surface area contributed by atoms with Gasteiger partial charge in [0.15, 0.2) is 5.69 Å². The third-order valence-electron chi connectivity index (χ3n) is 3.63. The van der Waals surface area contributed by atoms with Gasteiger partial charge in [-0.3, -0.25) is 0 Å². The van der Waals surface area contributed by atoms with Crippen LogP contribution in [0, 0.1) is 11.9 Å². The Hall–Kier alpha value is -2.18. The fourth-order valence-corrected chi connectivity index (χ4v) is 2.60. The van der Waals surface area contributed by atoms with E-state index in [1.807, 2.05) is 0 Å². The van der Waals surface area contributed by atoms with Crippen molar-refractivity contribution in [3.63, 3.8) is 0 Å². The van der Waals surface area contributed by atoms with Crippen LogP contribution in [-0.4, -0.2) is 18.9 Å². The van der Waals surface area contributed by atoms with E-state index < -0.39 is 22.3 Å². The first-order valence-electron chi connectivity index (χ1n) is 6.90. The molecule has 2 aromatic rings. The van der Waals surface area contributed by atoms with Crippen molar-refractivity contribution in [2.24, 2.45) is 5.10 Å². The van der Waals surface area contributed by atoms with Crippen LogP contribution >= 0.6 is 11.6 Å². The maximum atomic E-state index is 13.7. The lowest BCUT2D eigenvalue weighted by Gasteiger charge is -2.23. The number of nitrogens with zero attached hydrogens (tertiary/aromatic N) is 2. The Labute approximate surface area is 140 Å². The standard InChI is InChI=1S/C17H11ClF4N2/c1-24(9-8-16(23-24)17(20,21)22)15-7-6-13(19)10-14(15)11-2-4-12(18)5-3-11/h2-7,9-10H,1H3/q+1. The number of hydrogen-bond acceptors (Lipinski definition) is 1. The highest BCUT2D eigenvalue weighted by Crippen LogP contribution is 2.38. The Morgan fingerprint density at radius 2 is 1.75 bits per heavy atom. The Morgan fingerprint density at radius 1 is 1.08 bits per heavy atom. The summed E-state index contributed by atoms with van der Waals surface area (Å²) in [7, 11) is 1.47. The van der Waals surface area contributed by atoms with Gasteiger partial charge in [-0.25, -0.2) is 4.39 Å². The Morgan fingerprint density at radius 3 is 2.33 bits per heavy atom. The quantitative estimate of drug-likeness (QED) is 0.510. The third-order valence-corrected chi connectivity index (χ3v) is 3.88. The van der Waals surface area contributed by atoms with E-state index in [2.05, 4.69) is 11.2 Å². The van der Waals surface area contributed by atoms with E-state index in [1.165, 1.54) is 31.4 Å².